The second-order valence-electron chi connectivity index (χ2n) is 10.1. The van der Waals surface area contributed by atoms with Gasteiger partial charge in [-0.25, -0.2) is 22.9 Å². The Morgan fingerprint density at radius 2 is 2.00 bits per heavy atom. The van der Waals surface area contributed by atoms with Gasteiger partial charge in [-0.3, -0.25) is 14.8 Å². The van der Waals surface area contributed by atoms with Crippen molar-refractivity contribution in [3.8, 4) is 16.3 Å². The molecule has 0 radical (unpaired) electrons. The number of hydrogen-bond donors (Lipinski definition) is 3. The van der Waals surface area contributed by atoms with Crippen LogP contribution < -0.4 is 15.6 Å². The summed E-state index contributed by atoms with van der Waals surface area (Å²) in [5.74, 6) is -0.496. The number of hydrogen-bond acceptors (Lipinski definition) is 9. The quantitative estimate of drug-likeness (QED) is 0.404. The molecule has 38 heavy (non-hydrogen) atoms. The van der Waals surface area contributed by atoms with E-state index >= 15 is 0 Å². The Morgan fingerprint density at radius 1 is 1.26 bits per heavy atom. The summed E-state index contributed by atoms with van der Waals surface area (Å²) < 4.78 is 35.2. The van der Waals surface area contributed by atoms with E-state index in [2.05, 4.69) is 20.1 Å². The molecule has 0 spiro atoms. The molecule has 0 atom stereocenters. The van der Waals surface area contributed by atoms with Gasteiger partial charge in [0.1, 0.15) is 21.8 Å². The molecule has 11 nitrogen and oxygen atoms in total. The maximum atomic E-state index is 13.4. The van der Waals surface area contributed by atoms with Crippen LogP contribution in [0.15, 0.2) is 50.4 Å². The summed E-state index contributed by atoms with van der Waals surface area (Å²) in [5, 5.41) is 19.8. The topological polar surface area (TPSA) is 152 Å². The summed E-state index contributed by atoms with van der Waals surface area (Å²) in [6.07, 6.45) is -0.0947. The Morgan fingerprint density at radius 3 is 2.63 bits per heavy atom. The van der Waals surface area contributed by atoms with Crippen LogP contribution in [-0.4, -0.2) is 40.8 Å². The van der Waals surface area contributed by atoms with Gasteiger partial charge in [-0.15, -0.1) is 11.3 Å². The lowest BCUT2D eigenvalue weighted by Crippen LogP contribution is -2.39. The number of sulfonamides is 1. The van der Waals surface area contributed by atoms with Crippen LogP contribution >= 0.6 is 11.3 Å². The molecular weight excluding hydrogens is 530 g/mol. The Bertz CT molecular complexity index is 1570. The molecule has 1 aromatic carbocycles. The van der Waals surface area contributed by atoms with Crippen molar-refractivity contribution in [2.75, 3.05) is 5.32 Å². The van der Waals surface area contributed by atoms with Gasteiger partial charge in [0.15, 0.2) is 11.6 Å². The third-order valence-corrected chi connectivity index (χ3v) is 7.64. The van der Waals surface area contributed by atoms with Crippen molar-refractivity contribution in [2.24, 2.45) is 10.9 Å². The van der Waals surface area contributed by atoms with Gasteiger partial charge in [0.2, 0.25) is 0 Å². The third kappa shape index (κ3) is 5.89. The van der Waals surface area contributed by atoms with Crippen LogP contribution in [0.3, 0.4) is 0 Å². The SMILES string of the molecule is CC(C)CCn1nc(-c2cccs2)c(O)c(C2=Nc3ccc(NC(=O)OC(C)(C)C)cc3S(=O)(=O)N2)c1=O. The van der Waals surface area contributed by atoms with E-state index in [1.165, 1.54) is 34.2 Å². The first-order chi connectivity index (χ1) is 17.7. The lowest BCUT2D eigenvalue weighted by Gasteiger charge is -2.21. The van der Waals surface area contributed by atoms with Crippen molar-refractivity contribution in [1.82, 2.24) is 14.5 Å². The fraction of sp³-hybridized carbons (Fsp3) is 0.360. The number of aromatic hydroxyl groups is 1. The fourth-order valence-electron chi connectivity index (χ4n) is 3.64. The molecule has 3 heterocycles. The molecule has 0 saturated carbocycles. The molecule has 0 bridgehead atoms. The molecule has 0 unspecified atom stereocenters. The molecular formula is C25H29N5O6S2. The predicted molar refractivity (Wildman–Crippen MR) is 146 cm³/mol. The van der Waals surface area contributed by atoms with Crippen LogP contribution in [0.1, 0.15) is 46.6 Å². The zero-order valence-corrected chi connectivity index (χ0v) is 23.2. The minimum absolute atomic E-state index is 0.0375. The number of amides is 1. The number of anilines is 1. The van der Waals surface area contributed by atoms with Crippen LogP contribution in [-0.2, 0) is 21.3 Å². The normalized spacial score (nSPS) is 14.4. The summed E-state index contributed by atoms with van der Waals surface area (Å²) in [5.41, 5.74) is -1.32. The first-order valence-electron chi connectivity index (χ1n) is 11.9. The highest BCUT2D eigenvalue weighted by Gasteiger charge is 2.32. The molecule has 4 rings (SSSR count). The summed E-state index contributed by atoms with van der Waals surface area (Å²) in [7, 11) is -4.22. The summed E-state index contributed by atoms with van der Waals surface area (Å²) in [6.45, 7) is 9.42. The van der Waals surface area contributed by atoms with E-state index in [0.717, 1.165) is 0 Å². The van der Waals surface area contributed by atoms with Crippen LogP contribution in [0.2, 0.25) is 0 Å². The molecule has 1 amide bonds. The molecule has 0 fully saturated rings. The number of aromatic nitrogens is 2. The van der Waals surface area contributed by atoms with Gasteiger partial charge < -0.3 is 9.84 Å². The molecule has 2 aromatic heterocycles. The number of amidine groups is 1. The summed E-state index contributed by atoms with van der Waals surface area (Å²) >= 11 is 1.32. The second kappa shape index (κ2) is 10.2. The number of nitrogens with one attached hydrogen (secondary N) is 2. The molecule has 3 N–H and O–H groups in total. The number of ether oxygens (including phenoxy) is 1. The highest BCUT2D eigenvalue weighted by atomic mass is 32.2. The van der Waals surface area contributed by atoms with E-state index in [-0.39, 0.29) is 45.8 Å². The van der Waals surface area contributed by atoms with E-state index in [9.17, 15) is 23.1 Å². The standard InChI is InChI=1S/C25H29N5O6S2/c1-14(2)10-11-30-23(32)19(21(31)20(28-30)17-7-6-12-37-17)22-27-16-9-8-15(13-18(16)38(34,35)29-22)26-24(33)36-25(3,4)5/h6-9,12-14,31H,10-11H2,1-5H3,(H,26,33)(H,27,29). The Kier molecular flexibility index (Phi) is 7.35. The van der Waals surface area contributed by atoms with E-state index in [0.29, 0.717) is 11.3 Å². The molecule has 0 saturated heterocycles. The van der Waals surface area contributed by atoms with Crippen molar-refractivity contribution in [3.63, 3.8) is 0 Å². The van der Waals surface area contributed by atoms with Crippen molar-refractivity contribution >= 4 is 44.7 Å². The highest BCUT2D eigenvalue weighted by Crippen LogP contribution is 2.35. The van der Waals surface area contributed by atoms with Gasteiger partial charge >= 0.3 is 6.09 Å². The number of aryl methyl sites for hydroxylation is 1. The number of nitrogens with zero attached hydrogens (tertiary/aromatic N) is 3. The van der Waals surface area contributed by atoms with Crippen molar-refractivity contribution in [3.05, 3.63) is 51.6 Å². The van der Waals surface area contributed by atoms with Gasteiger partial charge in [0.25, 0.3) is 15.6 Å². The van der Waals surface area contributed by atoms with Gasteiger partial charge in [0, 0.05) is 12.2 Å². The number of thiophene rings is 1. The minimum atomic E-state index is -4.22. The third-order valence-electron chi connectivity index (χ3n) is 5.40. The number of carbonyl (C=O) groups excluding carboxylic acids is 1. The van der Waals surface area contributed by atoms with Crippen molar-refractivity contribution < 1.29 is 23.1 Å². The smallest absolute Gasteiger partial charge is 0.412 e. The van der Waals surface area contributed by atoms with Crippen molar-refractivity contribution in [1.29, 1.82) is 0 Å². The molecule has 13 heteroatoms. The predicted octanol–water partition coefficient (Wildman–Crippen LogP) is 4.44. The van der Waals surface area contributed by atoms with E-state index in [4.69, 9.17) is 4.74 Å². The number of rotatable bonds is 6. The maximum Gasteiger partial charge on any atom is 0.412 e. The molecule has 1 aliphatic rings. The van der Waals surface area contributed by atoms with E-state index < -0.39 is 33.0 Å². The number of aliphatic imine (C=N–C) groups is 1. The number of carbonyl (C=O) groups is 1. The second-order valence-corrected chi connectivity index (χ2v) is 12.7. The fourth-order valence-corrected chi connectivity index (χ4v) is 5.53. The summed E-state index contributed by atoms with van der Waals surface area (Å²) in [6, 6.07) is 7.64. The summed E-state index contributed by atoms with van der Waals surface area (Å²) in [4.78, 5) is 30.3. The molecule has 3 aromatic rings. The average Bonchev–Trinajstić information content (AvgIpc) is 3.32. The molecule has 0 aliphatic carbocycles. The maximum absolute atomic E-state index is 13.4. The minimum Gasteiger partial charge on any atom is -0.505 e. The van der Waals surface area contributed by atoms with Crippen LogP contribution in [0.4, 0.5) is 16.2 Å². The van der Waals surface area contributed by atoms with Gasteiger partial charge in [0.05, 0.1) is 10.6 Å². The van der Waals surface area contributed by atoms with E-state index in [1.807, 2.05) is 13.8 Å². The zero-order chi connectivity index (χ0) is 27.8. The average molecular weight is 560 g/mol. The Balaban J connectivity index is 1.80. The lowest BCUT2D eigenvalue weighted by molar-refractivity contribution is 0.0636. The first-order valence-corrected chi connectivity index (χ1v) is 14.3. The zero-order valence-electron chi connectivity index (χ0n) is 21.6. The van der Waals surface area contributed by atoms with Gasteiger partial charge in [-0.1, -0.05) is 19.9 Å². The highest BCUT2D eigenvalue weighted by molar-refractivity contribution is 7.90. The lowest BCUT2D eigenvalue weighted by atomic mass is 10.1. The largest absolute Gasteiger partial charge is 0.505 e. The number of fused-ring (bicyclic) bond motifs is 1. The van der Waals surface area contributed by atoms with Crippen molar-refractivity contribution in [2.45, 2.75) is 58.1 Å². The van der Waals surface area contributed by atoms with Gasteiger partial charge in [-0.2, -0.15) is 5.10 Å². The van der Waals surface area contributed by atoms with Gasteiger partial charge in [-0.05, 0) is 62.8 Å². The van der Waals surface area contributed by atoms with Crippen LogP contribution in [0, 0.1) is 5.92 Å². The van der Waals surface area contributed by atoms with E-state index in [1.54, 1.807) is 38.3 Å². The molecule has 202 valence electrons. The van der Waals surface area contributed by atoms with Crippen LogP contribution in [0.5, 0.6) is 5.75 Å². The molecule has 1 aliphatic heterocycles. The first kappa shape index (κ1) is 27.3. The Labute approximate surface area is 224 Å². The van der Waals surface area contributed by atoms with Crippen LogP contribution in [0.25, 0.3) is 10.6 Å². The monoisotopic (exact) mass is 559 g/mol. The Hall–Kier alpha value is -3.71. The number of benzene rings is 1.